The molecule has 1 heterocycles. The highest BCUT2D eigenvalue weighted by atomic mass is 19.1. The maximum Gasteiger partial charge on any atom is 0.234 e. The highest BCUT2D eigenvalue weighted by molar-refractivity contribution is 5.78. The van der Waals surface area contributed by atoms with E-state index in [0.29, 0.717) is 18.5 Å². The van der Waals surface area contributed by atoms with Crippen LogP contribution in [0.2, 0.25) is 0 Å². The molecule has 1 saturated heterocycles. The molecule has 1 saturated carbocycles. The zero-order valence-electron chi connectivity index (χ0n) is 11.6. The third kappa shape index (κ3) is 3.37. The van der Waals surface area contributed by atoms with Crippen molar-refractivity contribution in [2.24, 2.45) is 0 Å². The molecule has 1 aliphatic carbocycles. The van der Waals surface area contributed by atoms with Crippen molar-refractivity contribution in [1.29, 1.82) is 0 Å². The number of nitrogens with zero attached hydrogens (tertiary/aromatic N) is 1. The first-order valence-electron chi connectivity index (χ1n) is 7.48. The van der Waals surface area contributed by atoms with Crippen LogP contribution in [0, 0.1) is 5.82 Å². The van der Waals surface area contributed by atoms with Crippen molar-refractivity contribution in [3.05, 3.63) is 35.6 Å². The van der Waals surface area contributed by atoms with E-state index in [4.69, 9.17) is 0 Å². The van der Waals surface area contributed by atoms with E-state index in [1.807, 2.05) is 12.1 Å². The molecule has 20 heavy (non-hydrogen) atoms. The minimum atomic E-state index is -0.0996. The Morgan fingerprint density at radius 3 is 2.55 bits per heavy atom. The summed E-state index contributed by atoms with van der Waals surface area (Å²) < 4.78 is 13.8. The monoisotopic (exact) mass is 276 g/mol. The summed E-state index contributed by atoms with van der Waals surface area (Å²) in [5.74, 6) is 0.327. The molecule has 0 aromatic heterocycles. The number of carbonyl (C=O) groups excluding carboxylic acids is 1. The second kappa shape index (κ2) is 5.92. The van der Waals surface area contributed by atoms with E-state index in [9.17, 15) is 9.18 Å². The predicted octanol–water partition coefficient (Wildman–Crippen LogP) is 2.28. The van der Waals surface area contributed by atoms with Gasteiger partial charge in [-0.15, -0.1) is 0 Å². The number of nitrogens with one attached hydrogen (secondary N) is 1. The van der Waals surface area contributed by atoms with Crippen LogP contribution in [0.25, 0.3) is 0 Å². The Morgan fingerprint density at radius 2 is 1.90 bits per heavy atom. The molecule has 0 atom stereocenters. The molecular weight excluding hydrogens is 255 g/mol. The van der Waals surface area contributed by atoms with E-state index in [0.717, 1.165) is 44.3 Å². The molecular formula is C16H21FN2O. The molecule has 1 aromatic carbocycles. The van der Waals surface area contributed by atoms with Gasteiger partial charge in [-0.3, -0.25) is 9.69 Å². The molecule has 0 radical (unpaired) electrons. The Hall–Kier alpha value is -1.42. The van der Waals surface area contributed by atoms with Crippen molar-refractivity contribution in [1.82, 2.24) is 10.2 Å². The Kier molecular flexibility index (Phi) is 4.01. The fraction of sp³-hybridized carbons (Fsp3) is 0.562. The Morgan fingerprint density at radius 1 is 1.20 bits per heavy atom. The van der Waals surface area contributed by atoms with Gasteiger partial charge in [0.15, 0.2) is 0 Å². The summed E-state index contributed by atoms with van der Waals surface area (Å²) in [7, 11) is 0. The summed E-state index contributed by atoms with van der Waals surface area (Å²) in [6.07, 6.45) is 4.11. The maximum absolute atomic E-state index is 13.8. The van der Waals surface area contributed by atoms with Gasteiger partial charge in [0.25, 0.3) is 0 Å². The predicted molar refractivity (Wildman–Crippen MR) is 76.0 cm³/mol. The molecule has 1 N–H and O–H groups in total. The molecule has 2 fully saturated rings. The fourth-order valence-electron chi connectivity index (χ4n) is 2.91. The minimum absolute atomic E-state index is 0.0996. The number of carbonyl (C=O) groups is 1. The molecule has 0 spiro atoms. The average Bonchev–Trinajstić information content (AvgIpc) is 3.24. The lowest BCUT2D eigenvalue weighted by Gasteiger charge is -2.31. The number of hydrogen-bond acceptors (Lipinski definition) is 2. The molecule has 1 aromatic rings. The Balaban J connectivity index is 1.49. The largest absolute Gasteiger partial charge is 0.352 e. The first-order chi connectivity index (χ1) is 9.72. The van der Waals surface area contributed by atoms with Crippen molar-refractivity contribution >= 4 is 5.91 Å². The highest BCUT2D eigenvalue weighted by Gasteiger charge is 2.26. The van der Waals surface area contributed by atoms with Crippen molar-refractivity contribution in [2.75, 3.05) is 19.6 Å². The van der Waals surface area contributed by atoms with Crippen LogP contribution < -0.4 is 5.32 Å². The van der Waals surface area contributed by atoms with Gasteiger partial charge in [0, 0.05) is 6.04 Å². The summed E-state index contributed by atoms with van der Waals surface area (Å²) in [5.41, 5.74) is 0.828. The van der Waals surface area contributed by atoms with Crippen LogP contribution in [-0.2, 0) is 4.79 Å². The molecule has 1 amide bonds. The van der Waals surface area contributed by atoms with Gasteiger partial charge in [-0.2, -0.15) is 0 Å². The minimum Gasteiger partial charge on any atom is -0.352 e. The number of hydrogen-bond donors (Lipinski definition) is 1. The smallest absolute Gasteiger partial charge is 0.234 e. The Bertz CT molecular complexity index is 479. The quantitative estimate of drug-likeness (QED) is 0.915. The van der Waals surface area contributed by atoms with Gasteiger partial charge >= 0.3 is 0 Å². The van der Waals surface area contributed by atoms with Gasteiger partial charge in [0.1, 0.15) is 5.82 Å². The lowest BCUT2D eigenvalue weighted by Crippen LogP contribution is -2.41. The summed E-state index contributed by atoms with van der Waals surface area (Å²) >= 11 is 0. The summed E-state index contributed by atoms with van der Waals surface area (Å²) in [6.45, 7) is 2.23. The van der Waals surface area contributed by atoms with Crippen LogP contribution in [0.4, 0.5) is 4.39 Å². The van der Waals surface area contributed by atoms with Gasteiger partial charge in [0.05, 0.1) is 6.54 Å². The first kappa shape index (κ1) is 13.6. The van der Waals surface area contributed by atoms with Gasteiger partial charge < -0.3 is 5.32 Å². The summed E-state index contributed by atoms with van der Waals surface area (Å²) in [5, 5.41) is 3.01. The maximum atomic E-state index is 13.8. The lowest BCUT2D eigenvalue weighted by molar-refractivity contribution is -0.122. The first-order valence-corrected chi connectivity index (χ1v) is 7.48. The van der Waals surface area contributed by atoms with Crippen LogP contribution in [0.5, 0.6) is 0 Å². The second-order valence-corrected chi connectivity index (χ2v) is 5.91. The molecule has 1 aliphatic heterocycles. The normalized spacial score (nSPS) is 20.9. The molecule has 3 rings (SSSR count). The zero-order valence-corrected chi connectivity index (χ0v) is 11.6. The molecule has 4 heteroatoms. The summed E-state index contributed by atoms with van der Waals surface area (Å²) in [6, 6.07) is 7.48. The van der Waals surface area contributed by atoms with E-state index in [1.165, 1.54) is 6.07 Å². The van der Waals surface area contributed by atoms with Gasteiger partial charge in [-0.05, 0) is 56.3 Å². The highest BCUT2D eigenvalue weighted by Crippen LogP contribution is 2.29. The number of halogens is 1. The van der Waals surface area contributed by atoms with E-state index in [1.54, 1.807) is 6.07 Å². The zero-order chi connectivity index (χ0) is 13.9. The van der Waals surface area contributed by atoms with Crippen molar-refractivity contribution in [3.8, 4) is 0 Å². The molecule has 0 unspecified atom stereocenters. The number of rotatable bonds is 4. The van der Waals surface area contributed by atoms with E-state index in [-0.39, 0.29) is 11.7 Å². The van der Waals surface area contributed by atoms with E-state index < -0.39 is 0 Å². The Labute approximate surface area is 119 Å². The topological polar surface area (TPSA) is 32.3 Å². The van der Waals surface area contributed by atoms with Crippen molar-refractivity contribution < 1.29 is 9.18 Å². The second-order valence-electron chi connectivity index (χ2n) is 5.91. The van der Waals surface area contributed by atoms with Gasteiger partial charge in [-0.25, -0.2) is 4.39 Å². The standard InChI is InChI=1S/C16H21FN2O/c17-15-4-2-1-3-14(15)12-7-9-19(10-8-12)11-16(20)18-13-5-6-13/h1-4,12-13H,5-11H2,(H,18,20). The van der Waals surface area contributed by atoms with Crippen LogP contribution in [-0.4, -0.2) is 36.5 Å². The third-order valence-electron chi connectivity index (χ3n) is 4.24. The summed E-state index contributed by atoms with van der Waals surface area (Å²) in [4.78, 5) is 13.9. The van der Waals surface area contributed by atoms with E-state index >= 15 is 0 Å². The molecule has 108 valence electrons. The number of amides is 1. The fourth-order valence-corrected chi connectivity index (χ4v) is 2.91. The van der Waals surface area contributed by atoms with Crippen LogP contribution in [0.1, 0.15) is 37.2 Å². The third-order valence-corrected chi connectivity index (χ3v) is 4.24. The molecule has 2 aliphatic rings. The van der Waals surface area contributed by atoms with Crippen molar-refractivity contribution in [3.63, 3.8) is 0 Å². The molecule has 0 bridgehead atoms. The number of benzene rings is 1. The van der Waals surface area contributed by atoms with Gasteiger partial charge in [0.2, 0.25) is 5.91 Å². The van der Waals surface area contributed by atoms with Crippen LogP contribution in [0.15, 0.2) is 24.3 Å². The van der Waals surface area contributed by atoms with Crippen LogP contribution >= 0.6 is 0 Å². The lowest BCUT2D eigenvalue weighted by atomic mass is 9.89. The van der Waals surface area contributed by atoms with Crippen LogP contribution in [0.3, 0.4) is 0 Å². The number of piperidine rings is 1. The van der Waals surface area contributed by atoms with Crippen molar-refractivity contribution in [2.45, 2.75) is 37.6 Å². The average molecular weight is 276 g/mol. The SMILES string of the molecule is O=C(CN1CCC(c2ccccc2F)CC1)NC1CC1. The van der Waals surface area contributed by atoms with E-state index in [2.05, 4.69) is 10.2 Å². The van der Waals surface area contributed by atoms with Gasteiger partial charge in [-0.1, -0.05) is 18.2 Å². The molecule has 3 nitrogen and oxygen atoms in total. The number of likely N-dealkylation sites (tertiary alicyclic amines) is 1.